The van der Waals surface area contributed by atoms with Crippen LogP contribution in [0.1, 0.15) is 18.1 Å². The Hall–Kier alpha value is -1.10. The number of hydrogen-bond acceptors (Lipinski definition) is 4. The molecule has 2 atom stereocenters. The Kier molecular flexibility index (Phi) is 4.55. The van der Waals surface area contributed by atoms with Crippen LogP contribution in [0, 0.1) is 0 Å². The molecule has 0 heterocycles. The van der Waals surface area contributed by atoms with Gasteiger partial charge in [-0.25, -0.2) is 0 Å². The van der Waals surface area contributed by atoms with Crippen molar-refractivity contribution in [3.8, 4) is 5.75 Å². The maximum absolute atomic E-state index is 9.88. The lowest BCUT2D eigenvalue weighted by molar-refractivity contribution is 0.139. The molecule has 0 spiro atoms. The molecule has 15 heavy (non-hydrogen) atoms. The largest absolute Gasteiger partial charge is 0.508 e. The van der Waals surface area contributed by atoms with Crippen LogP contribution < -0.4 is 11.1 Å². The minimum absolute atomic E-state index is 0.0879. The Morgan fingerprint density at radius 2 is 2.07 bits per heavy atom. The van der Waals surface area contributed by atoms with Gasteiger partial charge in [-0.05, 0) is 26.1 Å². The number of aliphatic hydroxyl groups is 1. The van der Waals surface area contributed by atoms with Gasteiger partial charge in [-0.1, -0.05) is 18.2 Å². The van der Waals surface area contributed by atoms with Crippen molar-refractivity contribution in [3.63, 3.8) is 0 Å². The third kappa shape index (κ3) is 3.20. The molecule has 0 radical (unpaired) electrons. The summed E-state index contributed by atoms with van der Waals surface area (Å²) in [7, 11) is 1.83. The summed E-state index contributed by atoms with van der Waals surface area (Å²) >= 11 is 0. The van der Waals surface area contributed by atoms with Gasteiger partial charge in [0, 0.05) is 11.6 Å². The predicted molar refractivity (Wildman–Crippen MR) is 59.6 cm³/mol. The second-order valence-electron chi connectivity index (χ2n) is 3.56. The number of rotatable bonds is 5. The maximum Gasteiger partial charge on any atom is 0.121 e. The average molecular weight is 210 g/mol. The third-order valence-corrected chi connectivity index (χ3v) is 2.39. The first kappa shape index (κ1) is 12.0. The molecule has 0 aliphatic heterocycles. The van der Waals surface area contributed by atoms with Crippen LogP contribution in [-0.2, 0) is 0 Å². The highest BCUT2D eigenvalue weighted by atomic mass is 16.3. The van der Waals surface area contributed by atoms with Gasteiger partial charge in [-0.2, -0.15) is 0 Å². The van der Waals surface area contributed by atoms with Gasteiger partial charge >= 0.3 is 0 Å². The summed E-state index contributed by atoms with van der Waals surface area (Å²) in [5, 5.41) is 22.4. The smallest absolute Gasteiger partial charge is 0.121 e. The van der Waals surface area contributed by atoms with Crippen molar-refractivity contribution in [1.29, 1.82) is 0 Å². The Labute approximate surface area is 89.7 Å². The summed E-state index contributed by atoms with van der Waals surface area (Å²) in [5.74, 6) is 0.0879. The quantitative estimate of drug-likeness (QED) is 0.566. The molecule has 84 valence electrons. The molecule has 1 aromatic rings. The SMILES string of the molecule is CNCCC(N)C(O)c1ccccc1O. The summed E-state index contributed by atoms with van der Waals surface area (Å²) in [4.78, 5) is 0. The van der Waals surface area contributed by atoms with Crippen LogP contribution in [0.3, 0.4) is 0 Å². The topological polar surface area (TPSA) is 78.5 Å². The third-order valence-electron chi connectivity index (χ3n) is 2.39. The zero-order valence-corrected chi connectivity index (χ0v) is 8.85. The molecule has 0 saturated carbocycles. The van der Waals surface area contributed by atoms with E-state index in [9.17, 15) is 10.2 Å². The fraction of sp³-hybridized carbons (Fsp3) is 0.455. The number of nitrogens with one attached hydrogen (secondary N) is 1. The summed E-state index contributed by atoms with van der Waals surface area (Å²) < 4.78 is 0. The molecule has 4 nitrogen and oxygen atoms in total. The first-order valence-electron chi connectivity index (χ1n) is 5.03. The molecule has 0 saturated heterocycles. The van der Waals surface area contributed by atoms with Gasteiger partial charge in [0.15, 0.2) is 0 Å². The fourth-order valence-electron chi connectivity index (χ4n) is 1.44. The normalized spacial score (nSPS) is 14.9. The van der Waals surface area contributed by atoms with Gasteiger partial charge in [0.1, 0.15) is 5.75 Å². The number of para-hydroxylation sites is 1. The molecule has 0 fully saturated rings. The number of phenols is 1. The van der Waals surface area contributed by atoms with Crippen LogP contribution in [-0.4, -0.2) is 29.8 Å². The van der Waals surface area contributed by atoms with Crippen molar-refractivity contribution >= 4 is 0 Å². The van der Waals surface area contributed by atoms with Gasteiger partial charge in [-0.3, -0.25) is 0 Å². The van der Waals surface area contributed by atoms with Crippen LogP contribution >= 0.6 is 0 Å². The van der Waals surface area contributed by atoms with Gasteiger partial charge in [-0.15, -0.1) is 0 Å². The van der Waals surface area contributed by atoms with Crippen molar-refractivity contribution in [2.75, 3.05) is 13.6 Å². The van der Waals surface area contributed by atoms with Crippen LogP contribution in [0.15, 0.2) is 24.3 Å². The molecule has 4 heteroatoms. The molecule has 2 unspecified atom stereocenters. The molecular weight excluding hydrogens is 192 g/mol. The lowest BCUT2D eigenvalue weighted by Crippen LogP contribution is -2.31. The van der Waals surface area contributed by atoms with Gasteiger partial charge in [0.05, 0.1) is 6.10 Å². The van der Waals surface area contributed by atoms with Gasteiger partial charge in [0.25, 0.3) is 0 Å². The van der Waals surface area contributed by atoms with E-state index in [1.807, 2.05) is 7.05 Å². The molecule has 1 aromatic carbocycles. The lowest BCUT2D eigenvalue weighted by Gasteiger charge is -2.19. The van der Waals surface area contributed by atoms with E-state index < -0.39 is 6.10 Å². The Balaban J connectivity index is 2.67. The Bertz CT molecular complexity index is 304. The van der Waals surface area contributed by atoms with Crippen LogP contribution in [0.2, 0.25) is 0 Å². The van der Waals surface area contributed by atoms with Crippen LogP contribution in [0.25, 0.3) is 0 Å². The minimum atomic E-state index is -0.820. The lowest BCUT2D eigenvalue weighted by atomic mass is 10.00. The van der Waals surface area contributed by atoms with Crippen LogP contribution in [0.4, 0.5) is 0 Å². The fourth-order valence-corrected chi connectivity index (χ4v) is 1.44. The zero-order chi connectivity index (χ0) is 11.3. The number of aromatic hydroxyl groups is 1. The number of hydrogen-bond donors (Lipinski definition) is 4. The zero-order valence-electron chi connectivity index (χ0n) is 8.85. The van der Waals surface area contributed by atoms with Crippen molar-refractivity contribution in [1.82, 2.24) is 5.32 Å². The van der Waals surface area contributed by atoms with E-state index in [-0.39, 0.29) is 11.8 Å². The highest BCUT2D eigenvalue weighted by Gasteiger charge is 2.18. The van der Waals surface area contributed by atoms with Crippen molar-refractivity contribution in [2.24, 2.45) is 5.73 Å². The van der Waals surface area contributed by atoms with Crippen molar-refractivity contribution in [3.05, 3.63) is 29.8 Å². The summed E-state index contributed by atoms with van der Waals surface area (Å²) in [5.41, 5.74) is 6.29. The van der Waals surface area contributed by atoms with E-state index >= 15 is 0 Å². The minimum Gasteiger partial charge on any atom is -0.508 e. The highest BCUT2D eigenvalue weighted by Crippen LogP contribution is 2.25. The van der Waals surface area contributed by atoms with E-state index in [2.05, 4.69) is 5.32 Å². The number of nitrogens with two attached hydrogens (primary N) is 1. The summed E-state index contributed by atoms with van der Waals surface area (Å²) in [6.07, 6.45) is -0.161. The van der Waals surface area contributed by atoms with Crippen LogP contribution in [0.5, 0.6) is 5.75 Å². The number of benzene rings is 1. The van der Waals surface area contributed by atoms with E-state index in [4.69, 9.17) is 5.73 Å². The average Bonchev–Trinajstić information content (AvgIpc) is 2.25. The summed E-state index contributed by atoms with van der Waals surface area (Å²) in [6, 6.07) is 6.34. The van der Waals surface area contributed by atoms with E-state index in [0.717, 1.165) is 6.54 Å². The molecule has 0 bridgehead atoms. The number of aliphatic hydroxyl groups excluding tert-OH is 1. The Morgan fingerprint density at radius 3 is 2.67 bits per heavy atom. The first-order valence-corrected chi connectivity index (χ1v) is 5.03. The second-order valence-corrected chi connectivity index (χ2v) is 3.56. The van der Waals surface area contributed by atoms with E-state index in [1.54, 1.807) is 24.3 Å². The van der Waals surface area contributed by atoms with E-state index in [1.165, 1.54) is 0 Å². The highest BCUT2D eigenvalue weighted by molar-refractivity contribution is 5.34. The molecule has 0 aliphatic rings. The Morgan fingerprint density at radius 1 is 1.40 bits per heavy atom. The number of phenolic OH excluding ortho intramolecular Hbond substituents is 1. The predicted octanol–water partition coefficient (Wildman–Crippen LogP) is 0.362. The monoisotopic (exact) mass is 210 g/mol. The van der Waals surface area contributed by atoms with Gasteiger partial charge < -0.3 is 21.3 Å². The van der Waals surface area contributed by atoms with E-state index in [0.29, 0.717) is 12.0 Å². The standard InChI is InChI=1S/C11H18N2O2/c1-13-7-6-9(12)11(15)8-4-2-3-5-10(8)14/h2-5,9,11,13-15H,6-7,12H2,1H3. The second kappa shape index (κ2) is 5.70. The van der Waals surface area contributed by atoms with Gasteiger partial charge in [0.2, 0.25) is 0 Å². The first-order chi connectivity index (χ1) is 7.16. The molecule has 0 aromatic heterocycles. The van der Waals surface area contributed by atoms with Crippen molar-refractivity contribution < 1.29 is 10.2 Å². The molecular formula is C11H18N2O2. The maximum atomic E-state index is 9.88. The summed E-state index contributed by atoms with van der Waals surface area (Å²) in [6.45, 7) is 0.742. The van der Waals surface area contributed by atoms with Crippen molar-refractivity contribution in [2.45, 2.75) is 18.6 Å². The molecule has 1 rings (SSSR count). The molecule has 0 aliphatic carbocycles. The molecule has 0 amide bonds. The molecule has 5 N–H and O–H groups in total.